The fourth-order valence-electron chi connectivity index (χ4n) is 2.08. The summed E-state index contributed by atoms with van der Waals surface area (Å²) in [5.41, 5.74) is 6.59. The summed E-state index contributed by atoms with van der Waals surface area (Å²) >= 11 is 0. The Kier molecular flexibility index (Phi) is 6.76. The molecule has 0 saturated carbocycles. The first-order valence-corrected chi connectivity index (χ1v) is 7.79. The number of nitrogens with zero attached hydrogens (tertiary/aromatic N) is 1. The fourth-order valence-corrected chi connectivity index (χ4v) is 2.08. The number of carbonyl (C=O) groups is 3. The van der Waals surface area contributed by atoms with Gasteiger partial charge in [-0.25, -0.2) is 4.79 Å². The SMILES string of the molecule is Cc1cccc(N(CCC(N)=O)CC(=O)NC(=O)NC(C)(C)C)c1. The first-order valence-electron chi connectivity index (χ1n) is 7.79. The highest BCUT2D eigenvalue weighted by molar-refractivity contribution is 5.96. The summed E-state index contributed by atoms with van der Waals surface area (Å²) < 4.78 is 0. The van der Waals surface area contributed by atoms with Crippen LogP contribution >= 0.6 is 0 Å². The minimum absolute atomic E-state index is 0.0473. The zero-order valence-electron chi connectivity index (χ0n) is 14.7. The number of hydrogen-bond donors (Lipinski definition) is 3. The molecular formula is C17H26N4O3. The Morgan fingerprint density at radius 2 is 1.88 bits per heavy atom. The van der Waals surface area contributed by atoms with E-state index in [9.17, 15) is 14.4 Å². The van der Waals surface area contributed by atoms with Crippen molar-refractivity contribution in [2.24, 2.45) is 5.73 Å². The van der Waals surface area contributed by atoms with Gasteiger partial charge in [0, 0.05) is 24.2 Å². The maximum absolute atomic E-state index is 12.1. The third-order valence-corrected chi connectivity index (χ3v) is 3.07. The van der Waals surface area contributed by atoms with Gasteiger partial charge in [-0.3, -0.25) is 14.9 Å². The summed E-state index contributed by atoms with van der Waals surface area (Å²) in [7, 11) is 0. The van der Waals surface area contributed by atoms with Gasteiger partial charge >= 0.3 is 6.03 Å². The van der Waals surface area contributed by atoms with Crippen LogP contribution in [0.4, 0.5) is 10.5 Å². The number of nitrogens with two attached hydrogens (primary N) is 1. The van der Waals surface area contributed by atoms with Crippen LogP contribution in [-0.4, -0.2) is 36.5 Å². The molecule has 4 N–H and O–H groups in total. The molecule has 1 aromatic carbocycles. The molecule has 0 atom stereocenters. The van der Waals surface area contributed by atoms with Crippen molar-refractivity contribution >= 4 is 23.5 Å². The summed E-state index contributed by atoms with van der Waals surface area (Å²) in [6, 6.07) is 7.00. The highest BCUT2D eigenvalue weighted by Gasteiger charge is 2.18. The quantitative estimate of drug-likeness (QED) is 0.729. The zero-order valence-corrected chi connectivity index (χ0v) is 14.7. The van der Waals surface area contributed by atoms with E-state index in [0.717, 1.165) is 11.3 Å². The molecule has 4 amide bonds. The van der Waals surface area contributed by atoms with E-state index in [1.807, 2.05) is 52.0 Å². The van der Waals surface area contributed by atoms with E-state index < -0.39 is 23.4 Å². The topological polar surface area (TPSA) is 105 Å². The highest BCUT2D eigenvalue weighted by Crippen LogP contribution is 2.16. The van der Waals surface area contributed by atoms with E-state index in [2.05, 4.69) is 10.6 Å². The predicted molar refractivity (Wildman–Crippen MR) is 93.6 cm³/mol. The number of urea groups is 1. The molecule has 0 unspecified atom stereocenters. The van der Waals surface area contributed by atoms with Crippen LogP contribution in [-0.2, 0) is 9.59 Å². The van der Waals surface area contributed by atoms with Crippen molar-refractivity contribution in [3.05, 3.63) is 29.8 Å². The van der Waals surface area contributed by atoms with Crippen molar-refractivity contribution in [3.63, 3.8) is 0 Å². The number of benzene rings is 1. The lowest BCUT2D eigenvalue weighted by Gasteiger charge is -2.25. The Labute approximate surface area is 142 Å². The Morgan fingerprint density at radius 3 is 2.42 bits per heavy atom. The number of amides is 4. The lowest BCUT2D eigenvalue weighted by Crippen LogP contribution is -2.50. The summed E-state index contributed by atoms with van der Waals surface area (Å²) in [6.07, 6.45) is 0.120. The highest BCUT2D eigenvalue weighted by atomic mass is 16.2. The number of hydrogen-bond acceptors (Lipinski definition) is 4. The average molecular weight is 334 g/mol. The van der Waals surface area contributed by atoms with Crippen molar-refractivity contribution in [1.82, 2.24) is 10.6 Å². The molecule has 7 nitrogen and oxygen atoms in total. The lowest BCUT2D eigenvalue weighted by atomic mass is 10.1. The molecule has 7 heteroatoms. The first kappa shape index (κ1) is 19.5. The van der Waals surface area contributed by atoms with Crippen molar-refractivity contribution in [2.45, 2.75) is 39.7 Å². The summed E-state index contributed by atoms with van der Waals surface area (Å²) in [5.74, 6) is -0.902. The second kappa shape index (κ2) is 8.33. The second-order valence-electron chi connectivity index (χ2n) is 6.73. The molecule has 0 spiro atoms. The van der Waals surface area contributed by atoms with Crippen molar-refractivity contribution < 1.29 is 14.4 Å². The lowest BCUT2D eigenvalue weighted by molar-refractivity contribution is -0.120. The van der Waals surface area contributed by atoms with E-state index in [-0.39, 0.29) is 13.0 Å². The van der Waals surface area contributed by atoms with Gasteiger partial charge in [0.1, 0.15) is 0 Å². The van der Waals surface area contributed by atoms with Gasteiger partial charge in [-0.05, 0) is 45.4 Å². The van der Waals surface area contributed by atoms with Crippen LogP contribution in [0.2, 0.25) is 0 Å². The van der Waals surface area contributed by atoms with Gasteiger partial charge in [0.15, 0.2) is 0 Å². The van der Waals surface area contributed by atoms with Crippen LogP contribution in [0.5, 0.6) is 0 Å². The number of anilines is 1. The average Bonchev–Trinajstić information content (AvgIpc) is 2.40. The van der Waals surface area contributed by atoms with Gasteiger partial charge in [-0.1, -0.05) is 12.1 Å². The van der Waals surface area contributed by atoms with Crippen LogP contribution in [0.15, 0.2) is 24.3 Å². The Morgan fingerprint density at radius 1 is 1.21 bits per heavy atom. The fraction of sp³-hybridized carbons (Fsp3) is 0.471. The monoisotopic (exact) mass is 334 g/mol. The van der Waals surface area contributed by atoms with Gasteiger partial charge in [0.2, 0.25) is 11.8 Å². The molecule has 132 valence electrons. The molecule has 0 aliphatic carbocycles. The number of rotatable bonds is 6. The van der Waals surface area contributed by atoms with E-state index in [4.69, 9.17) is 5.73 Å². The van der Waals surface area contributed by atoms with E-state index in [1.54, 1.807) is 4.90 Å². The van der Waals surface area contributed by atoms with Crippen LogP contribution in [0.3, 0.4) is 0 Å². The Balaban J connectivity index is 2.75. The Bertz CT molecular complexity index is 608. The van der Waals surface area contributed by atoms with Crippen LogP contribution in [0.1, 0.15) is 32.8 Å². The van der Waals surface area contributed by atoms with Gasteiger partial charge in [-0.15, -0.1) is 0 Å². The molecule has 0 aromatic heterocycles. The molecule has 24 heavy (non-hydrogen) atoms. The third-order valence-electron chi connectivity index (χ3n) is 3.07. The minimum Gasteiger partial charge on any atom is -0.370 e. The van der Waals surface area contributed by atoms with Gasteiger partial charge in [-0.2, -0.15) is 0 Å². The van der Waals surface area contributed by atoms with Crippen LogP contribution < -0.4 is 21.3 Å². The first-order chi connectivity index (χ1) is 11.1. The van der Waals surface area contributed by atoms with Crippen molar-refractivity contribution in [3.8, 4) is 0 Å². The summed E-state index contributed by atoms with van der Waals surface area (Å²) in [5, 5.41) is 4.95. The van der Waals surface area contributed by atoms with E-state index in [0.29, 0.717) is 6.54 Å². The van der Waals surface area contributed by atoms with Crippen LogP contribution in [0.25, 0.3) is 0 Å². The molecule has 0 aliphatic heterocycles. The molecular weight excluding hydrogens is 308 g/mol. The van der Waals surface area contributed by atoms with Gasteiger partial charge in [0.05, 0.1) is 6.54 Å². The number of imide groups is 1. The molecule has 0 aliphatic rings. The maximum atomic E-state index is 12.1. The normalized spacial score (nSPS) is 10.8. The zero-order chi connectivity index (χ0) is 18.3. The van der Waals surface area contributed by atoms with Crippen molar-refractivity contribution in [1.29, 1.82) is 0 Å². The van der Waals surface area contributed by atoms with Crippen LogP contribution in [0, 0.1) is 6.92 Å². The predicted octanol–water partition coefficient (Wildman–Crippen LogP) is 1.30. The van der Waals surface area contributed by atoms with E-state index in [1.165, 1.54) is 0 Å². The number of aryl methyl sites for hydroxylation is 1. The number of carbonyl (C=O) groups excluding carboxylic acids is 3. The largest absolute Gasteiger partial charge is 0.370 e. The smallest absolute Gasteiger partial charge is 0.321 e. The third kappa shape index (κ3) is 7.62. The molecule has 1 aromatic rings. The maximum Gasteiger partial charge on any atom is 0.321 e. The summed E-state index contributed by atoms with van der Waals surface area (Å²) in [6.45, 7) is 7.66. The standard InChI is InChI=1S/C17H26N4O3/c1-12-6-5-7-13(10-12)21(9-8-14(18)22)11-15(23)19-16(24)20-17(2,3)4/h5-7,10H,8-9,11H2,1-4H3,(H2,18,22)(H2,19,20,23,24). The van der Waals surface area contributed by atoms with Gasteiger partial charge in [0.25, 0.3) is 0 Å². The van der Waals surface area contributed by atoms with Crippen molar-refractivity contribution in [2.75, 3.05) is 18.0 Å². The second-order valence-corrected chi connectivity index (χ2v) is 6.73. The number of primary amides is 1. The number of nitrogens with one attached hydrogen (secondary N) is 2. The molecule has 0 heterocycles. The Hall–Kier alpha value is -2.57. The molecule has 0 saturated heterocycles. The molecule has 1 rings (SSSR count). The molecule has 0 radical (unpaired) electrons. The molecule has 0 fully saturated rings. The van der Waals surface area contributed by atoms with Gasteiger partial charge < -0.3 is 16.0 Å². The molecule has 0 bridgehead atoms. The minimum atomic E-state index is -0.549. The summed E-state index contributed by atoms with van der Waals surface area (Å²) in [4.78, 5) is 36.7. The van der Waals surface area contributed by atoms with E-state index >= 15 is 0 Å².